The smallest absolute Gasteiger partial charge is 0.249 e. The van der Waals surface area contributed by atoms with Crippen LogP contribution in [0.15, 0.2) is 34.9 Å². The molecule has 1 aliphatic carbocycles. The first-order valence-corrected chi connectivity index (χ1v) is 9.57. The number of aromatic nitrogens is 2. The van der Waals surface area contributed by atoms with Crippen LogP contribution in [0.2, 0.25) is 0 Å². The predicted molar refractivity (Wildman–Crippen MR) is 104 cm³/mol. The number of oxazole rings is 1. The first-order valence-electron chi connectivity index (χ1n) is 9.57. The van der Waals surface area contributed by atoms with Crippen LogP contribution in [0.1, 0.15) is 26.7 Å². The molecule has 2 aromatic heterocycles. The third kappa shape index (κ3) is 4.82. The minimum atomic E-state index is -0.605. The van der Waals surface area contributed by atoms with Crippen LogP contribution in [-0.4, -0.2) is 35.1 Å². The Bertz CT molecular complexity index is 1030. The first-order chi connectivity index (χ1) is 14.0. The number of pyridine rings is 1. The van der Waals surface area contributed by atoms with Crippen molar-refractivity contribution in [1.82, 2.24) is 15.3 Å². The van der Waals surface area contributed by atoms with Crippen molar-refractivity contribution < 1.29 is 23.1 Å². The maximum Gasteiger partial charge on any atom is 0.249 e. The molecule has 8 heteroatoms. The third-order valence-electron chi connectivity index (χ3n) is 4.51. The molecular weight excluding hydrogens is 377 g/mol. The summed E-state index contributed by atoms with van der Waals surface area (Å²) in [6.45, 7) is 4.12. The van der Waals surface area contributed by atoms with Crippen LogP contribution in [0.3, 0.4) is 0 Å². The monoisotopic (exact) mass is 399 g/mol. The van der Waals surface area contributed by atoms with Crippen molar-refractivity contribution in [2.24, 2.45) is 5.92 Å². The second-order valence-electron chi connectivity index (χ2n) is 7.32. The lowest BCUT2D eigenvalue weighted by Crippen LogP contribution is -2.35. The fourth-order valence-corrected chi connectivity index (χ4v) is 2.86. The maximum absolute atomic E-state index is 14.6. The quantitative estimate of drug-likeness (QED) is 0.621. The highest BCUT2D eigenvalue weighted by atomic mass is 19.1. The van der Waals surface area contributed by atoms with Crippen molar-refractivity contribution in [2.75, 3.05) is 13.2 Å². The summed E-state index contributed by atoms with van der Waals surface area (Å²) in [7, 11) is 0. The van der Waals surface area contributed by atoms with Gasteiger partial charge in [-0.25, -0.2) is 14.4 Å². The Balaban J connectivity index is 1.47. The molecule has 2 heterocycles. The molecule has 3 aromatic rings. The van der Waals surface area contributed by atoms with Gasteiger partial charge in [0.2, 0.25) is 11.8 Å². The Hall–Kier alpha value is -3.16. The number of rotatable bonds is 8. The highest BCUT2D eigenvalue weighted by Gasteiger charge is 2.22. The number of carbonyl (C=O) groups excluding carboxylic acids is 1. The molecule has 0 saturated heterocycles. The van der Waals surface area contributed by atoms with E-state index < -0.39 is 5.82 Å². The zero-order valence-corrected chi connectivity index (χ0v) is 16.3. The Morgan fingerprint density at radius 3 is 2.86 bits per heavy atom. The van der Waals surface area contributed by atoms with Crippen molar-refractivity contribution in [3.63, 3.8) is 0 Å². The summed E-state index contributed by atoms with van der Waals surface area (Å²) in [4.78, 5) is 19.4. The highest BCUT2D eigenvalue weighted by Crippen LogP contribution is 2.31. The van der Waals surface area contributed by atoms with E-state index in [0.29, 0.717) is 29.4 Å². The van der Waals surface area contributed by atoms with E-state index in [1.54, 1.807) is 19.1 Å². The Kier molecular flexibility index (Phi) is 5.33. The number of benzene rings is 1. The van der Waals surface area contributed by atoms with E-state index >= 15 is 0 Å². The molecule has 29 heavy (non-hydrogen) atoms. The van der Waals surface area contributed by atoms with E-state index in [2.05, 4.69) is 15.3 Å². The molecule has 0 aliphatic heterocycles. The van der Waals surface area contributed by atoms with Crippen LogP contribution in [0.5, 0.6) is 11.5 Å². The zero-order valence-electron chi connectivity index (χ0n) is 16.3. The largest absolute Gasteiger partial charge is 0.493 e. The fraction of sp³-hybridized carbons (Fsp3) is 0.381. The maximum atomic E-state index is 14.6. The molecule has 4 rings (SSSR count). The molecule has 1 atom stereocenters. The first kappa shape index (κ1) is 19.2. The molecule has 1 aromatic carbocycles. The second-order valence-corrected chi connectivity index (χ2v) is 7.32. The van der Waals surface area contributed by atoms with Gasteiger partial charge in [-0.2, -0.15) is 0 Å². The Morgan fingerprint density at radius 2 is 2.14 bits per heavy atom. The molecule has 0 spiro atoms. The average Bonchev–Trinajstić information content (AvgIpc) is 3.41. The van der Waals surface area contributed by atoms with Crippen LogP contribution in [0.4, 0.5) is 4.39 Å². The van der Waals surface area contributed by atoms with Gasteiger partial charge in [0.25, 0.3) is 0 Å². The third-order valence-corrected chi connectivity index (χ3v) is 4.51. The number of carbonyl (C=O) groups is 1. The van der Waals surface area contributed by atoms with Crippen LogP contribution in [-0.2, 0) is 4.79 Å². The minimum Gasteiger partial charge on any atom is -0.493 e. The van der Waals surface area contributed by atoms with Crippen LogP contribution < -0.4 is 14.8 Å². The lowest BCUT2D eigenvalue weighted by atomic mass is 10.3. The molecule has 0 unspecified atom stereocenters. The number of halogens is 1. The number of ether oxygens (including phenoxy) is 2. The summed E-state index contributed by atoms with van der Waals surface area (Å²) in [5.74, 6) is 0.948. The topological polar surface area (TPSA) is 86.5 Å². The number of hydrogen-bond donors (Lipinski definition) is 1. The lowest BCUT2D eigenvalue weighted by molar-refractivity contribution is -0.119. The SMILES string of the molecule is CC(=O)N[C@@H](C)COc1cnc(-c2nc3ccc(OCC4CC4)cc3o2)c(F)c1. The van der Waals surface area contributed by atoms with E-state index in [1.807, 2.05) is 6.07 Å². The van der Waals surface area contributed by atoms with E-state index in [-0.39, 0.29) is 35.9 Å². The van der Waals surface area contributed by atoms with Crippen molar-refractivity contribution in [3.05, 3.63) is 36.3 Å². The number of amides is 1. The van der Waals surface area contributed by atoms with Crippen LogP contribution in [0.25, 0.3) is 22.7 Å². The molecule has 7 nitrogen and oxygen atoms in total. The average molecular weight is 399 g/mol. The second kappa shape index (κ2) is 8.06. The summed E-state index contributed by atoms with van der Waals surface area (Å²) >= 11 is 0. The van der Waals surface area contributed by atoms with E-state index in [9.17, 15) is 9.18 Å². The van der Waals surface area contributed by atoms with E-state index in [4.69, 9.17) is 13.9 Å². The van der Waals surface area contributed by atoms with Gasteiger partial charge in [-0.3, -0.25) is 4.79 Å². The van der Waals surface area contributed by atoms with Gasteiger partial charge in [0.1, 0.15) is 23.6 Å². The normalized spacial score (nSPS) is 14.6. The van der Waals surface area contributed by atoms with Gasteiger partial charge >= 0.3 is 0 Å². The number of fused-ring (bicyclic) bond motifs is 1. The van der Waals surface area contributed by atoms with Gasteiger partial charge < -0.3 is 19.2 Å². The lowest BCUT2D eigenvalue weighted by Gasteiger charge is -2.13. The molecular formula is C21H22FN3O4. The highest BCUT2D eigenvalue weighted by molar-refractivity contribution is 5.77. The van der Waals surface area contributed by atoms with Gasteiger partial charge in [-0.15, -0.1) is 0 Å². The summed E-state index contributed by atoms with van der Waals surface area (Å²) < 4.78 is 31.5. The van der Waals surface area contributed by atoms with Gasteiger partial charge in [-0.05, 0) is 37.8 Å². The van der Waals surface area contributed by atoms with Gasteiger partial charge in [0.15, 0.2) is 17.1 Å². The molecule has 1 N–H and O–H groups in total. The van der Waals surface area contributed by atoms with Gasteiger partial charge in [0.05, 0.1) is 18.8 Å². The zero-order chi connectivity index (χ0) is 20.4. The molecule has 152 valence electrons. The Morgan fingerprint density at radius 1 is 1.31 bits per heavy atom. The van der Waals surface area contributed by atoms with Gasteiger partial charge in [-0.1, -0.05) is 0 Å². The van der Waals surface area contributed by atoms with E-state index in [1.165, 1.54) is 32.0 Å². The fourth-order valence-electron chi connectivity index (χ4n) is 2.86. The summed E-state index contributed by atoms with van der Waals surface area (Å²) in [6.07, 6.45) is 3.83. The van der Waals surface area contributed by atoms with Crippen LogP contribution >= 0.6 is 0 Å². The van der Waals surface area contributed by atoms with Crippen molar-refractivity contribution in [2.45, 2.75) is 32.7 Å². The van der Waals surface area contributed by atoms with Crippen molar-refractivity contribution >= 4 is 17.0 Å². The number of hydrogen-bond acceptors (Lipinski definition) is 6. The number of nitrogens with one attached hydrogen (secondary N) is 1. The Labute approximate surface area is 167 Å². The minimum absolute atomic E-state index is 0.00362. The summed E-state index contributed by atoms with van der Waals surface area (Å²) in [5.41, 5.74) is 1.12. The molecule has 1 aliphatic rings. The van der Waals surface area contributed by atoms with Crippen molar-refractivity contribution in [3.8, 4) is 23.1 Å². The standard InChI is InChI=1S/C21H22FN3O4/c1-12(24-13(2)26)10-27-16-7-17(22)20(23-9-16)21-25-18-6-5-15(8-19(18)29-21)28-11-14-3-4-14/h5-9,12,14H,3-4,10-11H2,1-2H3,(H,24,26)/t12-/m0/s1. The molecule has 0 radical (unpaired) electrons. The van der Waals surface area contributed by atoms with Crippen molar-refractivity contribution in [1.29, 1.82) is 0 Å². The van der Waals surface area contributed by atoms with Crippen LogP contribution in [0, 0.1) is 11.7 Å². The molecule has 1 fully saturated rings. The summed E-state index contributed by atoms with van der Waals surface area (Å²) in [6, 6.07) is 6.38. The number of nitrogens with zero attached hydrogens (tertiary/aromatic N) is 2. The summed E-state index contributed by atoms with van der Waals surface area (Å²) in [5, 5.41) is 2.69. The van der Waals surface area contributed by atoms with E-state index in [0.717, 1.165) is 0 Å². The molecule has 1 saturated carbocycles. The predicted octanol–water partition coefficient (Wildman–Crippen LogP) is 3.72. The molecule has 1 amide bonds. The molecule has 0 bridgehead atoms. The van der Waals surface area contributed by atoms with Gasteiger partial charge in [0, 0.05) is 19.1 Å².